The number of para-hydroxylation sites is 1. The lowest BCUT2D eigenvalue weighted by Crippen LogP contribution is -2.49. The van der Waals surface area contributed by atoms with Gasteiger partial charge in [-0.25, -0.2) is 4.79 Å². The molecule has 102 valence electrons. The predicted molar refractivity (Wildman–Crippen MR) is 76.5 cm³/mol. The molecule has 5 heteroatoms. The van der Waals surface area contributed by atoms with Crippen LogP contribution in [0.2, 0.25) is 0 Å². The second kappa shape index (κ2) is 4.91. The van der Waals surface area contributed by atoms with Crippen molar-refractivity contribution in [2.24, 2.45) is 5.73 Å². The van der Waals surface area contributed by atoms with E-state index in [1.54, 1.807) is 11.9 Å². The van der Waals surface area contributed by atoms with Crippen molar-refractivity contribution in [2.45, 2.75) is 32.7 Å². The third kappa shape index (κ3) is 2.54. The summed E-state index contributed by atoms with van der Waals surface area (Å²) < 4.78 is 0. The van der Waals surface area contributed by atoms with Crippen LogP contribution in [0.3, 0.4) is 0 Å². The average Bonchev–Trinajstić information content (AvgIpc) is 3.12. The maximum atomic E-state index is 12.5. The van der Waals surface area contributed by atoms with Crippen LogP contribution in [0.1, 0.15) is 24.0 Å². The Morgan fingerprint density at radius 2 is 1.84 bits per heavy atom. The van der Waals surface area contributed by atoms with Crippen molar-refractivity contribution in [3.8, 4) is 0 Å². The molecule has 0 radical (unpaired) electrons. The number of urea groups is 1. The van der Waals surface area contributed by atoms with Crippen LogP contribution in [-0.4, -0.2) is 30.0 Å². The Labute approximate surface area is 113 Å². The molecule has 0 bridgehead atoms. The molecule has 0 heterocycles. The summed E-state index contributed by atoms with van der Waals surface area (Å²) in [4.78, 5) is 15.5. The van der Waals surface area contributed by atoms with Gasteiger partial charge in [0.05, 0.1) is 5.69 Å². The number of nitrogens with zero attached hydrogens (tertiary/aromatic N) is 2. The van der Waals surface area contributed by atoms with Crippen LogP contribution >= 0.6 is 0 Å². The van der Waals surface area contributed by atoms with Gasteiger partial charge in [-0.05, 0) is 37.8 Å². The van der Waals surface area contributed by atoms with E-state index >= 15 is 0 Å². The largest absolute Gasteiger partial charge is 0.370 e. The van der Waals surface area contributed by atoms with Crippen molar-refractivity contribution in [3.05, 3.63) is 29.3 Å². The van der Waals surface area contributed by atoms with Gasteiger partial charge in [0.2, 0.25) is 0 Å². The van der Waals surface area contributed by atoms with Gasteiger partial charge in [-0.1, -0.05) is 18.2 Å². The van der Waals surface area contributed by atoms with Crippen molar-refractivity contribution in [3.63, 3.8) is 0 Å². The number of hydrogen-bond acceptors (Lipinski definition) is 2. The molecule has 3 N–H and O–H groups in total. The van der Waals surface area contributed by atoms with E-state index in [1.807, 2.05) is 32.0 Å². The minimum absolute atomic E-state index is 0.0942. The van der Waals surface area contributed by atoms with Gasteiger partial charge < -0.3 is 5.73 Å². The number of nitrogens with one attached hydrogen (secondary N) is 1. The monoisotopic (exact) mass is 260 g/mol. The molecular formula is C14H20N4O. The van der Waals surface area contributed by atoms with Crippen LogP contribution in [-0.2, 0) is 0 Å². The lowest BCUT2D eigenvalue weighted by atomic mass is 10.1. The van der Waals surface area contributed by atoms with Gasteiger partial charge >= 0.3 is 6.03 Å². The first kappa shape index (κ1) is 13.4. The number of guanidine groups is 1. The summed E-state index contributed by atoms with van der Waals surface area (Å²) in [5.74, 6) is -0.175. The lowest BCUT2D eigenvalue weighted by molar-refractivity contribution is 0.226. The molecule has 2 amide bonds. The van der Waals surface area contributed by atoms with Crippen molar-refractivity contribution < 1.29 is 4.79 Å². The Bertz CT molecular complexity index is 502. The second-order valence-electron chi connectivity index (χ2n) is 5.07. The summed E-state index contributed by atoms with van der Waals surface area (Å²) in [6.45, 7) is 3.95. The number of aryl methyl sites for hydroxylation is 2. The van der Waals surface area contributed by atoms with Gasteiger partial charge in [0.25, 0.3) is 0 Å². The van der Waals surface area contributed by atoms with Crippen LogP contribution in [0.25, 0.3) is 0 Å². The first-order chi connectivity index (χ1) is 8.93. The van der Waals surface area contributed by atoms with Gasteiger partial charge in [0.1, 0.15) is 0 Å². The van der Waals surface area contributed by atoms with Gasteiger partial charge in [-0.3, -0.25) is 15.2 Å². The zero-order valence-corrected chi connectivity index (χ0v) is 11.6. The first-order valence-electron chi connectivity index (χ1n) is 6.40. The van der Waals surface area contributed by atoms with E-state index in [4.69, 9.17) is 11.1 Å². The quantitative estimate of drug-likeness (QED) is 0.632. The topological polar surface area (TPSA) is 73.4 Å². The Morgan fingerprint density at radius 3 is 2.26 bits per heavy atom. The molecule has 0 spiro atoms. The molecule has 0 saturated heterocycles. The maximum Gasteiger partial charge on any atom is 0.331 e. The molecule has 1 saturated carbocycles. The van der Waals surface area contributed by atoms with E-state index in [1.165, 1.54) is 4.90 Å². The van der Waals surface area contributed by atoms with Crippen molar-refractivity contribution >= 4 is 17.7 Å². The molecule has 5 nitrogen and oxygen atoms in total. The van der Waals surface area contributed by atoms with E-state index in [0.717, 1.165) is 29.7 Å². The first-order valence-corrected chi connectivity index (χ1v) is 6.40. The molecule has 0 atom stereocenters. The maximum absolute atomic E-state index is 12.5. The summed E-state index contributed by atoms with van der Waals surface area (Å²) in [7, 11) is 1.73. The fraction of sp³-hybridized carbons (Fsp3) is 0.429. The van der Waals surface area contributed by atoms with Crippen LogP contribution in [0.5, 0.6) is 0 Å². The smallest absolute Gasteiger partial charge is 0.331 e. The summed E-state index contributed by atoms with van der Waals surface area (Å²) in [5, 5.41) is 7.57. The number of rotatable bonds is 2. The van der Waals surface area contributed by atoms with E-state index in [-0.39, 0.29) is 18.0 Å². The number of amides is 2. The SMILES string of the molecule is Cc1cccc(C)c1N(C)C(=O)N(C(=N)N)C1CC1. The van der Waals surface area contributed by atoms with Crippen LogP contribution in [0.15, 0.2) is 18.2 Å². The normalized spacial score (nSPS) is 14.1. The summed E-state index contributed by atoms with van der Waals surface area (Å²) in [6, 6.07) is 5.78. The van der Waals surface area contributed by atoms with Crippen molar-refractivity contribution in [1.29, 1.82) is 5.41 Å². The fourth-order valence-electron chi connectivity index (χ4n) is 2.38. The number of carbonyl (C=O) groups is 1. The van der Waals surface area contributed by atoms with Crippen molar-refractivity contribution in [1.82, 2.24) is 4.90 Å². The number of anilines is 1. The standard InChI is InChI=1S/C14H20N4O/c1-9-5-4-6-10(2)12(9)17(3)14(19)18(13(15)16)11-7-8-11/h4-6,11H,7-8H2,1-3H3,(H3,15,16). The molecule has 1 aliphatic rings. The zero-order chi connectivity index (χ0) is 14.2. The number of nitrogens with two attached hydrogens (primary N) is 1. The van der Waals surface area contributed by atoms with Crippen LogP contribution in [0, 0.1) is 19.3 Å². The predicted octanol–water partition coefficient (Wildman–Crippen LogP) is 2.22. The third-order valence-corrected chi connectivity index (χ3v) is 3.44. The van der Waals surface area contributed by atoms with Gasteiger partial charge in [0.15, 0.2) is 5.96 Å². The zero-order valence-electron chi connectivity index (χ0n) is 11.6. The highest BCUT2D eigenvalue weighted by Crippen LogP contribution is 2.30. The molecule has 1 aromatic rings. The Kier molecular flexibility index (Phi) is 3.46. The molecule has 0 aliphatic heterocycles. The summed E-state index contributed by atoms with van der Waals surface area (Å²) in [6.07, 6.45) is 1.85. The fourth-order valence-corrected chi connectivity index (χ4v) is 2.38. The number of carbonyl (C=O) groups excluding carboxylic acids is 1. The number of hydrogen-bond donors (Lipinski definition) is 2. The highest BCUT2D eigenvalue weighted by atomic mass is 16.2. The molecular weight excluding hydrogens is 240 g/mol. The Morgan fingerprint density at radius 1 is 1.32 bits per heavy atom. The molecule has 0 unspecified atom stereocenters. The van der Waals surface area contributed by atoms with Gasteiger partial charge in [0, 0.05) is 13.1 Å². The van der Waals surface area contributed by atoms with Gasteiger partial charge in [-0.2, -0.15) is 0 Å². The van der Waals surface area contributed by atoms with Gasteiger partial charge in [-0.15, -0.1) is 0 Å². The molecule has 0 aromatic heterocycles. The molecule has 1 fully saturated rings. The minimum atomic E-state index is -0.229. The minimum Gasteiger partial charge on any atom is -0.370 e. The van der Waals surface area contributed by atoms with E-state index in [0.29, 0.717) is 0 Å². The highest BCUT2D eigenvalue weighted by Gasteiger charge is 2.36. The van der Waals surface area contributed by atoms with E-state index in [9.17, 15) is 4.79 Å². The highest BCUT2D eigenvalue weighted by molar-refractivity contribution is 6.03. The molecule has 19 heavy (non-hydrogen) atoms. The summed E-state index contributed by atoms with van der Waals surface area (Å²) in [5.41, 5.74) is 8.49. The third-order valence-electron chi connectivity index (χ3n) is 3.44. The van der Waals surface area contributed by atoms with Crippen LogP contribution in [0.4, 0.5) is 10.5 Å². The number of benzene rings is 1. The second-order valence-corrected chi connectivity index (χ2v) is 5.07. The summed E-state index contributed by atoms with van der Waals surface area (Å²) >= 11 is 0. The molecule has 2 rings (SSSR count). The molecule has 1 aliphatic carbocycles. The Hall–Kier alpha value is -2.04. The average molecular weight is 260 g/mol. The van der Waals surface area contributed by atoms with E-state index in [2.05, 4.69) is 0 Å². The lowest BCUT2D eigenvalue weighted by Gasteiger charge is -2.28. The Balaban J connectivity index is 2.30. The van der Waals surface area contributed by atoms with Crippen molar-refractivity contribution in [2.75, 3.05) is 11.9 Å². The van der Waals surface area contributed by atoms with E-state index < -0.39 is 0 Å². The molecule has 1 aromatic carbocycles. The van der Waals surface area contributed by atoms with Crippen LogP contribution < -0.4 is 10.6 Å².